The van der Waals surface area contributed by atoms with Crippen LogP contribution in [0.25, 0.3) is 0 Å². The molecule has 0 saturated heterocycles. The Morgan fingerprint density at radius 3 is 2.81 bits per heavy atom. The SMILES string of the molecule is C[C@H](Sc1nnc(Cc2ccccc2)o1)C(=O)Nc1cccc(C#N)c1. The van der Waals surface area contributed by atoms with Gasteiger partial charge >= 0.3 is 0 Å². The fraction of sp³-hybridized carbons (Fsp3) is 0.158. The van der Waals surface area contributed by atoms with Crippen LogP contribution in [-0.4, -0.2) is 21.4 Å². The van der Waals surface area contributed by atoms with Gasteiger partial charge in [0.2, 0.25) is 11.8 Å². The Bertz CT molecular complexity index is 934. The second-order valence-electron chi connectivity index (χ2n) is 5.57. The van der Waals surface area contributed by atoms with Crippen molar-refractivity contribution in [2.45, 2.75) is 23.8 Å². The number of thioether (sulfide) groups is 1. The fourth-order valence-electron chi connectivity index (χ4n) is 2.24. The number of carbonyl (C=O) groups excluding carboxylic acids is 1. The van der Waals surface area contributed by atoms with E-state index in [1.807, 2.05) is 36.4 Å². The number of carbonyl (C=O) groups is 1. The minimum absolute atomic E-state index is 0.201. The number of nitrogens with one attached hydrogen (secondary N) is 1. The van der Waals surface area contributed by atoms with Crippen LogP contribution >= 0.6 is 11.8 Å². The van der Waals surface area contributed by atoms with Crippen molar-refractivity contribution < 1.29 is 9.21 Å². The summed E-state index contributed by atoms with van der Waals surface area (Å²) in [5.74, 6) is 0.306. The lowest BCUT2D eigenvalue weighted by atomic mass is 10.2. The Balaban J connectivity index is 1.58. The van der Waals surface area contributed by atoms with Gasteiger partial charge in [-0.15, -0.1) is 10.2 Å². The average Bonchev–Trinajstić information content (AvgIpc) is 3.09. The van der Waals surface area contributed by atoms with Gasteiger partial charge in [-0.2, -0.15) is 5.26 Å². The summed E-state index contributed by atoms with van der Waals surface area (Å²) in [5, 5.41) is 19.6. The molecular formula is C19H16N4O2S. The van der Waals surface area contributed by atoms with Crippen LogP contribution in [0.1, 0.15) is 23.9 Å². The lowest BCUT2D eigenvalue weighted by molar-refractivity contribution is -0.115. The minimum Gasteiger partial charge on any atom is -0.416 e. The van der Waals surface area contributed by atoms with Gasteiger partial charge in [0.05, 0.1) is 23.3 Å². The van der Waals surface area contributed by atoms with E-state index in [1.54, 1.807) is 31.2 Å². The largest absolute Gasteiger partial charge is 0.416 e. The van der Waals surface area contributed by atoms with Crippen molar-refractivity contribution in [1.29, 1.82) is 5.26 Å². The monoisotopic (exact) mass is 364 g/mol. The van der Waals surface area contributed by atoms with E-state index < -0.39 is 5.25 Å². The molecule has 26 heavy (non-hydrogen) atoms. The van der Waals surface area contributed by atoms with Gasteiger partial charge in [-0.05, 0) is 30.7 Å². The van der Waals surface area contributed by atoms with Crippen molar-refractivity contribution in [2.24, 2.45) is 0 Å². The smallest absolute Gasteiger partial charge is 0.277 e. The van der Waals surface area contributed by atoms with E-state index in [4.69, 9.17) is 9.68 Å². The molecule has 3 aromatic rings. The van der Waals surface area contributed by atoms with Crippen molar-refractivity contribution in [3.8, 4) is 6.07 Å². The van der Waals surface area contributed by atoms with Crippen LogP contribution in [-0.2, 0) is 11.2 Å². The Morgan fingerprint density at radius 2 is 2.04 bits per heavy atom. The zero-order chi connectivity index (χ0) is 18.4. The zero-order valence-corrected chi connectivity index (χ0v) is 14.9. The van der Waals surface area contributed by atoms with Crippen molar-refractivity contribution >= 4 is 23.4 Å². The molecule has 3 rings (SSSR count). The topological polar surface area (TPSA) is 91.8 Å². The lowest BCUT2D eigenvalue weighted by Gasteiger charge is -2.09. The summed E-state index contributed by atoms with van der Waals surface area (Å²) in [6.45, 7) is 1.76. The fourth-order valence-corrected chi connectivity index (χ4v) is 2.94. The first-order valence-corrected chi connectivity index (χ1v) is 8.86. The molecule has 0 aliphatic heterocycles. The van der Waals surface area contributed by atoms with E-state index in [1.165, 1.54) is 11.8 Å². The number of nitriles is 1. The number of rotatable bonds is 6. The van der Waals surface area contributed by atoms with Gasteiger partial charge in [-0.25, -0.2) is 0 Å². The zero-order valence-electron chi connectivity index (χ0n) is 14.0. The molecule has 6 nitrogen and oxygen atoms in total. The number of hydrogen-bond donors (Lipinski definition) is 1. The van der Waals surface area contributed by atoms with Crippen LogP contribution in [0.5, 0.6) is 0 Å². The van der Waals surface area contributed by atoms with Crippen molar-refractivity contribution in [2.75, 3.05) is 5.32 Å². The predicted molar refractivity (Wildman–Crippen MR) is 98.7 cm³/mol. The Hall–Kier alpha value is -3.11. The van der Waals surface area contributed by atoms with Gasteiger partial charge in [-0.1, -0.05) is 48.2 Å². The van der Waals surface area contributed by atoms with Crippen molar-refractivity contribution in [1.82, 2.24) is 10.2 Å². The van der Waals surface area contributed by atoms with Gasteiger partial charge in [0, 0.05) is 5.69 Å². The van der Waals surface area contributed by atoms with E-state index in [0.717, 1.165) is 5.56 Å². The highest BCUT2D eigenvalue weighted by molar-refractivity contribution is 8.00. The summed E-state index contributed by atoms with van der Waals surface area (Å²) in [7, 11) is 0. The van der Waals surface area contributed by atoms with E-state index in [-0.39, 0.29) is 5.91 Å². The molecule has 1 heterocycles. The summed E-state index contributed by atoms with van der Waals surface area (Å²) >= 11 is 1.19. The standard InChI is InChI=1S/C19H16N4O2S/c1-13(18(24)21-16-9-5-8-15(10-16)12-20)26-19-23-22-17(25-19)11-14-6-3-2-4-7-14/h2-10,13H,11H2,1H3,(H,21,24)/t13-/m0/s1. The molecule has 1 aromatic heterocycles. The van der Waals surface area contributed by atoms with Crippen LogP contribution < -0.4 is 5.32 Å². The minimum atomic E-state index is -0.425. The number of nitrogens with zero attached hydrogens (tertiary/aromatic N) is 3. The second kappa shape index (κ2) is 8.32. The van der Waals surface area contributed by atoms with Gasteiger partial charge in [0.15, 0.2) is 0 Å². The first-order chi connectivity index (χ1) is 12.6. The maximum atomic E-state index is 12.3. The molecule has 0 bridgehead atoms. The van der Waals surface area contributed by atoms with Gasteiger partial charge in [0.25, 0.3) is 5.22 Å². The quantitative estimate of drug-likeness (QED) is 0.671. The Kier molecular flexibility index (Phi) is 5.66. The maximum absolute atomic E-state index is 12.3. The number of hydrogen-bond acceptors (Lipinski definition) is 6. The molecule has 0 unspecified atom stereocenters. The Morgan fingerprint density at radius 1 is 1.23 bits per heavy atom. The summed E-state index contributed by atoms with van der Waals surface area (Å²) in [6, 6.07) is 18.6. The number of aromatic nitrogens is 2. The molecule has 7 heteroatoms. The van der Waals surface area contributed by atoms with Crippen molar-refractivity contribution in [3.63, 3.8) is 0 Å². The van der Waals surface area contributed by atoms with E-state index in [0.29, 0.717) is 28.8 Å². The molecule has 1 N–H and O–H groups in total. The summed E-state index contributed by atoms with van der Waals surface area (Å²) < 4.78 is 5.61. The van der Waals surface area contributed by atoms with Crippen LogP contribution in [0.2, 0.25) is 0 Å². The van der Waals surface area contributed by atoms with Crippen LogP contribution in [0, 0.1) is 11.3 Å². The highest BCUT2D eigenvalue weighted by atomic mass is 32.2. The molecule has 0 aliphatic carbocycles. The molecular weight excluding hydrogens is 348 g/mol. The molecule has 0 radical (unpaired) electrons. The first kappa shape index (κ1) is 17.7. The third kappa shape index (κ3) is 4.71. The lowest BCUT2D eigenvalue weighted by Crippen LogP contribution is -2.22. The van der Waals surface area contributed by atoms with Crippen LogP contribution in [0.3, 0.4) is 0 Å². The van der Waals surface area contributed by atoms with Crippen LogP contribution in [0.15, 0.2) is 64.2 Å². The molecule has 0 fully saturated rings. The molecule has 1 amide bonds. The number of anilines is 1. The van der Waals surface area contributed by atoms with E-state index >= 15 is 0 Å². The molecule has 0 spiro atoms. The van der Waals surface area contributed by atoms with Crippen LogP contribution in [0.4, 0.5) is 5.69 Å². The van der Waals surface area contributed by atoms with E-state index in [9.17, 15) is 4.79 Å². The van der Waals surface area contributed by atoms with E-state index in [2.05, 4.69) is 15.5 Å². The molecule has 0 saturated carbocycles. The molecule has 2 aromatic carbocycles. The number of amides is 1. The molecule has 0 aliphatic rings. The Labute approximate surface area is 155 Å². The third-order valence-electron chi connectivity index (χ3n) is 3.55. The molecule has 1 atom stereocenters. The highest BCUT2D eigenvalue weighted by Gasteiger charge is 2.18. The first-order valence-electron chi connectivity index (χ1n) is 7.98. The maximum Gasteiger partial charge on any atom is 0.277 e. The third-order valence-corrected chi connectivity index (χ3v) is 4.49. The average molecular weight is 364 g/mol. The summed E-state index contributed by atoms with van der Waals surface area (Å²) in [5.41, 5.74) is 2.15. The van der Waals surface area contributed by atoms with Gasteiger partial charge in [-0.3, -0.25) is 4.79 Å². The summed E-state index contributed by atoms with van der Waals surface area (Å²) in [6.07, 6.45) is 0.552. The van der Waals surface area contributed by atoms with Crippen molar-refractivity contribution in [3.05, 3.63) is 71.6 Å². The predicted octanol–water partition coefficient (Wildman–Crippen LogP) is 3.65. The normalized spacial score (nSPS) is 11.5. The van der Waals surface area contributed by atoms with Gasteiger partial charge < -0.3 is 9.73 Å². The highest BCUT2D eigenvalue weighted by Crippen LogP contribution is 2.24. The second-order valence-corrected chi connectivity index (χ2v) is 6.86. The van der Waals surface area contributed by atoms with Gasteiger partial charge in [0.1, 0.15) is 0 Å². The summed E-state index contributed by atoms with van der Waals surface area (Å²) in [4.78, 5) is 12.3. The molecule has 130 valence electrons. The number of benzene rings is 2.